The number of carboxylic acid groups (broad SMARTS) is 1. The third-order valence-corrected chi connectivity index (χ3v) is 2.39. The SMILES string of the molecule is CC(=O)N(C)C(C(=O)O)c1cccc(F)c1F. The summed E-state index contributed by atoms with van der Waals surface area (Å²) in [5.74, 6) is -4.38. The number of carbonyl (C=O) groups excluding carboxylic acids is 1. The van der Waals surface area contributed by atoms with Gasteiger partial charge in [-0.15, -0.1) is 0 Å². The van der Waals surface area contributed by atoms with E-state index >= 15 is 0 Å². The first-order chi connectivity index (χ1) is 7.86. The Balaban J connectivity index is 3.28. The lowest BCUT2D eigenvalue weighted by molar-refractivity contribution is -0.148. The van der Waals surface area contributed by atoms with Gasteiger partial charge in [-0.1, -0.05) is 12.1 Å². The highest BCUT2D eigenvalue weighted by molar-refractivity contribution is 5.83. The zero-order chi connectivity index (χ0) is 13.2. The molecular weight excluding hydrogens is 232 g/mol. The lowest BCUT2D eigenvalue weighted by Gasteiger charge is -2.24. The molecule has 1 rings (SSSR count). The Bertz CT molecular complexity index is 462. The third-order valence-electron chi connectivity index (χ3n) is 2.39. The lowest BCUT2D eigenvalue weighted by atomic mass is 10.0. The number of hydrogen-bond acceptors (Lipinski definition) is 2. The quantitative estimate of drug-likeness (QED) is 0.876. The van der Waals surface area contributed by atoms with Crippen molar-refractivity contribution in [3.8, 4) is 0 Å². The van der Waals surface area contributed by atoms with Crippen molar-refractivity contribution in [3.63, 3.8) is 0 Å². The summed E-state index contributed by atoms with van der Waals surface area (Å²) in [6.45, 7) is 1.15. The van der Waals surface area contributed by atoms with E-state index in [0.717, 1.165) is 24.0 Å². The molecule has 4 nitrogen and oxygen atoms in total. The van der Waals surface area contributed by atoms with E-state index in [1.165, 1.54) is 13.1 Å². The molecule has 0 heterocycles. The molecule has 0 fully saturated rings. The fourth-order valence-corrected chi connectivity index (χ4v) is 1.42. The van der Waals surface area contributed by atoms with E-state index in [4.69, 9.17) is 5.11 Å². The predicted octanol–water partition coefficient (Wildman–Crippen LogP) is 1.57. The van der Waals surface area contributed by atoms with E-state index < -0.39 is 29.6 Å². The van der Waals surface area contributed by atoms with E-state index in [1.807, 2.05) is 0 Å². The zero-order valence-electron chi connectivity index (χ0n) is 9.28. The Morgan fingerprint density at radius 2 is 1.94 bits per heavy atom. The second-order valence-electron chi connectivity index (χ2n) is 3.51. The monoisotopic (exact) mass is 243 g/mol. The van der Waals surface area contributed by atoms with E-state index in [9.17, 15) is 18.4 Å². The Labute approximate surface area is 96.5 Å². The minimum absolute atomic E-state index is 0.379. The minimum Gasteiger partial charge on any atom is -0.479 e. The van der Waals surface area contributed by atoms with E-state index in [2.05, 4.69) is 0 Å². The number of carboxylic acids is 1. The van der Waals surface area contributed by atoms with Gasteiger partial charge in [0.1, 0.15) is 0 Å². The van der Waals surface area contributed by atoms with Crippen LogP contribution in [0.25, 0.3) is 0 Å². The van der Waals surface area contributed by atoms with Gasteiger partial charge in [0.15, 0.2) is 17.7 Å². The van der Waals surface area contributed by atoms with Gasteiger partial charge in [-0.05, 0) is 6.07 Å². The van der Waals surface area contributed by atoms with Crippen molar-refractivity contribution in [2.24, 2.45) is 0 Å². The summed E-state index contributed by atoms with van der Waals surface area (Å²) in [6.07, 6.45) is 0. The molecule has 0 aliphatic rings. The molecule has 0 bridgehead atoms. The van der Waals surface area contributed by atoms with Crippen molar-refractivity contribution >= 4 is 11.9 Å². The molecule has 17 heavy (non-hydrogen) atoms. The van der Waals surface area contributed by atoms with Crippen LogP contribution in [0.5, 0.6) is 0 Å². The molecule has 92 valence electrons. The second kappa shape index (κ2) is 4.90. The lowest BCUT2D eigenvalue weighted by Crippen LogP contribution is -2.35. The van der Waals surface area contributed by atoms with Crippen LogP contribution in [0.1, 0.15) is 18.5 Å². The van der Waals surface area contributed by atoms with Crippen molar-refractivity contribution in [3.05, 3.63) is 35.4 Å². The number of amides is 1. The molecule has 0 saturated carbocycles. The molecule has 1 N–H and O–H groups in total. The highest BCUT2D eigenvalue weighted by Gasteiger charge is 2.30. The van der Waals surface area contributed by atoms with Gasteiger partial charge in [-0.2, -0.15) is 0 Å². The standard InChI is InChI=1S/C11H11F2NO3/c1-6(15)14(2)10(11(16)17)7-4-3-5-8(12)9(7)13/h3-5,10H,1-2H3,(H,16,17). The average Bonchev–Trinajstić information content (AvgIpc) is 2.23. The summed E-state index contributed by atoms with van der Waals surface area (Å²) in [6, 6.07) is 1.67. The number of halogens is 2. The molecule has 0 aromatic heterocycles. The summed E-state index contributed by atoms with van der Waals surface area (Å²) in [7, 11) is 1.21. The zero-order valence-corrected chi connectivity index (χ0v) is 9.28. The van der Waals surface area contributed by atoms with Crippen LogP contribution in [-0.2, 0) is 9.59 Å². The first kappa shape index (κ1) is 13.1. The topological polar surface area (TPSA) is 57.6 Å². The molecule has 0 saturated heterocycles. The van der Waals surface area contributed by atoms with Crippen molar-refractivity contribution in [1.82, 2.24) is 4.90 Å². The third kappa shape index (κ3) is 2.58. The molecule has 1 atom stereocenters. The maximum Gasteiger partial charge on any atom is 0.331 e. The predicted molar refractivity (Wildman–Crippen MR) is 55.2 cm³/mol. The fraction of sp³-hybridized carbons (Fsp3) is 0.273. The molecule has 0 aliphatic carbocycles. The van der Waals surface area contributed by atoms with Crippen molar-refractivity contribution in [2.75, 3.05) is 7.05 Å². The highest BCUT2D eigenvalue weighted by atomic mass is 19.2. The number of benzene rings is 1. The van der Waals surface area contributed by atoms with Crippen LogP contribution in [0.4, 0.5) is 8.78 Å². The van der Waals surface area contributed by atoms with Gasteiger partial charge in [0.25, 0.3) is 0 Å². The van der Waals surface area contributed by atoms with Crippen LogP contribution in [0, 0.1) is 11.6 Å². The fourth-order valence-electron chi connectivity index (χ4n) is 1.42. The summed E-state index contributed by atoms with van der Waals surface area (Å²) < 4.78 is 26.5. The molecule has 1 aromatic carbocycles. The molecule has 1 aromatic rings. The molecule has 0 radical (unpaired) electrons. The molecule has 6 heteroatoms. The summed E-state index contributed by atoms with van der Waals surface area (Å²) in [4.78, 5) is 23.0. The van der Waals surface area contributed by atoms with Gasteiger partial charge in [-0.3, -0.25) is 4.79 Å². The summed E-state index contributed by atoms with van der Waals surface area (Å²) in [5.41, 5.74) is -0.379. The molecule has 1 unspecified atom stereocenters. The van der Waals surface area contributed by atoms with Crippen molar-refractivity contribution in [2.45, 2.75) is 13.0 Å². The highest BCUT2D eigenvalue weighted by Crippen LogP contribution is 2.24. The largest absolute Gasteiger partial charge is 0.479 e. The Hall–Kier alpha value is -1.98. The Morgan fingerprint density at radius 3 is 2.41 bits per heavy atom. The molecule has 0 aliphatic heterocycles. The number of rotatable bonds is 3. The summed E-state index contributed by atoms with van der Waals surface area (Å²) >= 11 is 0. The van der Waals surface area contributed by atoms with Gasteiger partial charge >= 0.3 is 5.97 Å². The number of carbonyl (C=O) groups is 2. The summed E-state index contributed by atoms with van der Waals surface area (Å²) in [5, 5.41) is 8.98. The number of aliphatic carboxylic acids is 1. The number of hydrogen-bond donors (Lipinski definition) is 1. The second-order valence-corrected chi connectivity index (χ2v) is 3.51. The molecule has 0 spiro atoms. The van der Waals surface area contributed by atoms with Gasteiger partial charge in [0, 0.05) is 19.5 Å². The number of nitrogens with zero attached hydrogens (tertiary/aromatic N) is 1. The van der Waals surface area contributed by atoms with Crippen molar-refractivity contribution in [1.29, 1.82) is 0 Å². The Kier molecular flexibility index (Phi) is 3.77. The first-order valence-corrected chi connectivity index (χ1v) is 4.76. The first-order valence-electron chi connectivity index (χ1n) is 4.76. The van der Waals surface area contributed by atoms with Crippen LogP contribution in [-0.4, -0.2) is 28.9 Å². The van der Waals surface area contributed by atoms with E-state index in [1.54, 1.807) is 0 Å². The van der Waals surface area contributed by atoms with Crippen molar-refractivity contribution < 1.29 is 23.5 Å². The maximum absolute atomic E-state index is 13.5. The smallest absolute Gasteiger partial charge is 0.331 e. The van der Waals surface area contributed by atoms with Gasteiger partial charge in [0.2, 0.25) is 5.91 Å². The Morgan fingerprint density at radius 1 is 1.35 bits per heavy atom. The van der Waals surface area contributed by atoms with Crippen LogP contribution in [0.2, 0.25) is 0 Å². The van der Waals surface area contributed by atoms with Gasteiger partial charge in [0.05, 0.1) is 0 Å². The molecular formula is C11H11F2NO3. The van der Waals surface area contributed by atoms with Crippen LogP contribution in [0.3, 0.4) is 0 Å². The average molecular weight is 243 g/mol. The van der Waals surface area contributed by atoms with E-state index in [-0.39, 0.29) is 5.56 Å². The normalized spacial score (nSPS) is 12.0. The van der Waals surface area contributed by atoms with Gasteiger partial charge < -0.3 is 10.0 Å². The van der Waals surface area contributed by atoms with Crippen LogP contribution < -0.4 is 0 Å². The van der Waals surface area contributed by atoms with Gasteiger partial charge in [-0.25, -0.2) is 13.6 Å². The van der Waals surface area contributed by atoms with E-state index in [0.29, 0.717) is 0 Å². The van der Waals surface area contributed by atoms with Crippen LogP contribution in [0.15, 0.2) is 18.2 Å². The maximum atomic E-state index is 13.5. The van der Waals surface area contributed by atoms with Crippen LogP contribution >= 0.6 is 0 Å². The number of likely N-dealkylation sites (N-methyl/N-ethyl adjacent to an activating group) is 1. The minimum atomic E-state index is -1.54. The molecule has 1 amide bonds.